The summed E-state index contributed by atoms with van der Waals surface area (Å²) in [4.78, 5) is 6.55. The molecule has 2 aliphatic rings. The van der Waals surface area contributed by atoms with Crippen molar-refractivity contribution in [2.45, 2.75) is 23.8 Å². The molecule has 0 bridgehead atoms. The molecule has 0 saturated carbocycles. The molecule has 3 nitrogen and oxygen atoms in total. The van der Waals surface area contributed by atoms with E-state index < -0.39 is 5.72 Å². The minimum Gasteiger partial charge on any atom is -0.366 e. The highest BCUT2D eigenvalue weighted by Gasteiger charge is 2.52. The number of thioether (sulfide) groups is 1. The standard InChI is InChI=1S/C14H16Cl2N2OS/c15-7-6-12-14(19,10-2-4-11(16)5-3-10)18-9-1-8-17-13(18)20-12/h2-5,12,19H,1,6-9H2/t12-,14+/m0/s1. The van der Waals surface area contributed by atoms with Crippen molar-refractivity contribution < 1.29 is 5.11 Å². The Morgan fingerprint density at radius 3 is 2.85 bits per heavy atom. The quantitative estimate of drug-likeness (QED) is 0.864. The van der Waals surface area contributed by atoms with Crippen LogP contribution in [0.25, 0.3) is 0 Å². The largest absolute Gasteiger partial charge is 0.366 e. The number of rotatable bonds is 3. The van der Waals surface area contributed by atoms with E-state index in [2.05, 4.69) is 4.99 Å². The van der Waals surface area contributed by atoms with Crippen molar-refractivity contribution in [3.05, 3.63) is 34.9 Å². The lowest BCUT2D eigenvalue weighted by molar-refractivity contribution is -0.0726. The summed E-state index contributed by atoms with van der Waals surface area (Å²) in [5, 5.41) is 13.0. The third kappa shape index (κ3) is 2.33. The van der Waals surface area contributed by atoms with Gasteiger partial charge in [0.2, 0.25) is 0 Å². The highest BCUT2D eigenvalue weighted by molar-refractivity contribution is 8.14. The van der Waals surface area contributed by atoms with Gasteiger partial charge in [-0.1, -0.05) is 35.5 Å². The molecule has 6 heteroatoms. The van der Waals surface area contributed by atoms with E-state index in [1.165, 1.54) is 0 Å². The Labute approximate surface area is 133 Å². The van der Waals surface area contributed by atoms with Gasteiger partial charge in [0.1, 0.15) is 0 Å². The number of aliphatic imine (C=N–C) groups is 1. The summed E-state index contributed by atoms with van der Waals surface area (Å²) < 4.78 is 0. The van der Waals surface area contributed by atoms with Crippen molar-refractivity contribution in [2.75, 3.05) is 19.0 Å². The van der Waals surface area contributed by atoms with E-state index in [4.69, 9.17) is 23.2 Å². The van der Waals surface area contributed by atoms with E-state index in [1.807, 2.05) is 29.2 Å². The second-order valence-electron chi connectivity index (χ2n) is 4.99. The maximum absolute atomic E-state index is 11.4. The molecule has 1 N–H and O–H groups in total. The van der Waals surface area contributed by atoms with Crippen molar-refractivity contribution in [2.24, 2.45) is 4.99 Å². The Kier molecular flexibility index (Phi) is 4.18. The van der Waals surface area contributed by atoms with Gasteiger partial charge in [-0.15, -0.1) is 11.6 Å². The summed E-state index contributed by atoms with van der Waals surface area (Å²) >= 11 is 13.5. The first-order chi connectivity index (χ1) is 9.66. The molecule has 3 rings (SSSR count). The molecule has 0 spiro atoms. The maximum atomic E-state index is 11.4. The van der Waals surface area contributed by atoms with Gasteiger partial charge in [0, 0.05) is 29.6 Å². The van der Waals surface area contributed by atoms with Crippen LogP contribution >= 0.6 is 35.0 Å². The van der Waals surface area contributed by atoms with Crippen LogP contribution in [0.1, 0.15) is 18.4 Å². The second-order valence-corrected chi connectivity index (χ2v) is 6.97. The smallest absolute Gasteiger partial charge is 0.178 e. The Bertz CT molecular complexity index is 522. The van der Waals surface area contributed by atoms with Crippen LogP contribution in [0.2, 0.25) is 5.02 Å². The van der Waals surface area contributed by atoms with E-state index in [0.717, 1.165) is 36.7 Å². The summed E-state index contributed by atoms with van der Waals surface area (Å²) in [5.74, 6) is 0.523. The van der Waals surface area contributed by atoms with E-state index in [-0.39, 0.29) is 5.25 Å². The average molecular weight is 331 g/mol. The third-order valence-corrected chi connectivity index (χ3v) is 5.65. The number of benzene rings is 1. The molecule has 1 fully saturated rings. The zero-order valence-corrected chi connectivity index (χ0v) is 13.3. The molecule has 0 amide bonds. The summed E-state index contributed by atoms with van der Waals surface area (Å²) in [6.45, 7) is 1.66. The molecule has 2 heterocycles. The molecule has 20 heavy (non-hydrogen) atoms. The maximum Gasteiger partial charge on any atom is 0.178 e. The van der Waals surface area contributed by atoms with Crippen molar-refractivity contribution in [1.29, 1.82) is 0 Å². The Morgan fingerprint density at radius 1 is 1.40 bits per heavy atom. The molecule has 1 aromatic carbocycles. The number of aliphatic hydroxyl groups is 1. The molecule has 0 aliphatic carbocycles. The number of alkyl halides is 1. The molecule has 108 valence electrons. The molecule has 0 radical (unpaired) electrons. The van der Waals surface area contributed by atoms with Crippen LogP contribution in [0.15, 0.2) is 29.3 Å². The highest BCUT2D eigenvalue weighted by atomic mass is 35.5. The SMILES string of the molecule is O[C@]1(c2ccc(Cl)cc2)[C@H](CCCl)SC2=NCCCN21. The summed E-state index contributed by atoms with van der Waals surface area (Å²) in [5.41, 5.74) is -0.180. The first-order valence-electron chi connectivity index (χ1n) is 6.69. The van der Waals surface area contributed by atoms with E-state index in [0.29, 0.717) is 10.9 Å². The fourth-order valence-corrected chi connectivity index (χ4v) is 4.70. The number of amidine groups is 1. The second kappa shape index (κ2) is 5.76. The van der Waals surface area contributed by atoms with Crippen LogP contribution in [0.5, 0.6) is 0 Å². The number of fused-ring (bicyclic) bond motifs is 1. The third-order valence-electron chi connectivity index (χ3n) is 3.77. The average Bonchev–Trinajstić information content (AvgIpc) is 2.75. The fourth-order valence-electron chi connectivity index (χ4n) is 2.78. The first-order valence-corrected chi connectivity index (χ1v) is 8.48. The van der Waals surface area contributed by atoms with Gasteiger partial charge in [0.25, 0.3) is 0 Å². The number of halogens is 2. The van der Waals surface area contributed by atoms with Gasteiger partial charge in [0.15, 0.2) is 10.9 Å². The molecular formula is C14H16Cl2N2OS. The zero-order valence-electron chi connectivity index (χ0n) is 10.9. The predicted molar refractivity (Wildman–Crippen MR) is 85.7 cm³/mol. The first kappa shape index (κ1) is 14.5. The van der Waals surface area contributed by atoms with Crippen molar-refractivity contribution in [1.82, 2.24) is 4.90 Å². The van der Waals surface area contributed by atoms with E-state index in [9.17, 15) is 5.11 Å². The molecule has 2 atom stereocenters. The number of nitrogens with zero attached hydrogens (tertiary/aromatic N) is 2. The molecule has 0 unspecified atom stereocenters. The number of hydrogen-bond acceptors (Lipinski definition) is 4. The molecule has 0 aromatic heterocycles. The summed E-state index contributed by atoms with van der Waals surface area (Å²) in [6, 6.07) is 7.41. The fraction of sp³-hybridized carbons (Fsp3) is 0.500. The van der Waals surface area contributed by atoms with Gasteiger partial charge in [-0.3, -0.25) is 4.99 Å². The summed E-state index contributed by atoms with van der Waals surface area (Å²) in [7, 11) is 0. The molecular weight excluding hydrogens is 315 g/mol. The van der Waals surface area contributed by atoms with Gasteiger partial charge in [0.05, 0.1) is 5.25 Å². The van der Waals surface area contributed by atoms with Crippen LogP contribution in [-0.4, -0.2) is 39.4 Å². The number of hydrogen-bond donors (Lipinski definition) is 1. The van der Waals surface area contributed by atoms with Crippen LogP contribution in [0.3, 0.4) is 0 Å². The Morgan fingerprint density at radius 2 is 2.15 bits per heavy atom. The molecule has 1 saturated heterocycles. The Hall–Kier alpha value is -0.420. The van der Waals surface area contributed by atoms with Crippen LogP contribution in [0.4, 0.5) is 0 Å². The molecule has 2 aliphatic heterocycles. The van der Waals surface area contributed by atoms with Crippen LogP contribution in [0, 0.1) is 0 Å². The zero-order chi connectivity index (χ0) is 14.2. The van der Waals surface area contributed by atoms with Gasteiger partial charge in [-0.25, -0.2) is 0 Å². The van der Waals surface area contributed by atoms with Crippen molar-refractivity contribution in [3.63, 3.8) is 0 Å². The lowest BCUT2D eigenvalue weighted by atomic mass is 9.95. The minimum atomic E-state index is -1.04. The summed E-state index contributed by atoms with van der Waals surface area (Å²) in [6.07, 6.45) is 1.70. The van der Waals surface area contributed by atoms with Gasteiger partial charge in [-0.2, -0.15) is 0 Å². The van der Waals surface area contributed by atoms with E-state index in [1.54, 1.807) is 11.8 Å². The van der Waals surface area contributed by atoms with Gasteiger partial charge in [-0.05, 0) is 25.0 Å². The lowest BCUT2D eigenvalue weighted by Crippen LogP contribution is -2.50. The van der Waals surface area contributed by atoms with Crippen LogP contribution in [-0.2, 0) is 5.72 Å². The predicted octanol–water partition coefficient (Wildman–Crippen LogP) is 3.29. The van der Waals surface area contributed by atoms with Crippen molar-refractivity contribution in [3.8, 4) is 0 Å². The lowest BCUT2D eigenvalue weighted by Gasteiger charge is -2.39. The normalized spacial score (nSPS) is 29.2. The monoisotopic (exact) mass is 330 g/mol. The Balaban J connectivity index is 2.03. The molecule has 1 aromatic rings. The van der Waals surface area contributed by atoms with Crippen molar-refractivity contribution >= 4 is 40.1 Å². The van der Waals surface area contributed by atoms with Gasteiger partial charge >= 0.3 is 0 Å². The minimum absolute atomic E-state index is 0.00183. The van der Waals surface area contributed by atoms with E-state index >= 15 is 0 Å². The highest BCUT2D eigenvalue weighted by Crippen LogP contribution is 2.47. The van der Waals surface area contributed by atoms with Crippen LogP contribution < -0.4 is 0 Å². The van der Waals surface area contributed by atoms with Gasteiger partial charge < -0.3 is 10.0 Å². The topological polar surface area (TPSA) is 35.8 Å².